The first-order valence-corrected chi connectivity index (χ1v) is 8.16. The Hall–Kier alpha value is -3.45. The van der Waals surface area contributed by atoms with Gasteiger partial charge in [0.15, 0.2) is 0 Å². The first-order chi connectivity index (χ1) is 12.8. The monoisotopic (exact) mass is 368 g/mol. The van der Waals surface area contributed by atoms with Gasteiger partial charge < -0.3 is 29.6 Å². The van der Waals surface area contributed by atoms with E-state index in [9.17, 15) is 25.2 Å². The fourth-order valence-corrected chi connectivity index (χ4v) is 3.09. The van der Waals surface area contributed by atoms with Gasteiger partial charge in [0.2, 0.25) is 5.43 Å². The molecule has 27 heavy (non-hydrogen) atoms. The van der Waals surface area contributed by atoms with E-state index in [0.717, 1.165) is 12.3 Å². The van der Waals surface area contributed by atoms with Crippen molar-refractivity contribution < 1.29 is 29.6 Å². The molecule has 0 saturated carbocycles. The summed E-state index contributed by atoms with van der Waals surface area (Å²) < 4.78 is 11.1. The molecule has 1 unspecified atom stereocenters. The van der Waals surface area contributed by atoms with Crippen LogP contribution < -0.4 is 10.2 Å². The molecule has 138 valence electrons. The highest BCUT2D eigenvalue weighted by atomic mass is 16.5. The maximum atomic E-state index is 12.8. The van der Waals surface area contributed by atoms with Crippen molar-refractivity contribution in [3.8, 4) is 34.1 Å². The molecule has 0 saturated heterocycles. The van der Waals surface area contributed by atoms with Crippen LogP contribution in [-0.2, 0) is 0 Å². The SMILES string of the molecule is CC1(CO)C=Cc2c(ccc(-c3coc4cc(O)cc(O)c4c3=O)c2O)O1. The number of phenols is 3. The lowest BCUT2D eigenvalue weighted by Crippen LogP contribution is -2.35. The minimum Gasteiger partial charge on any atom is -0.508 e. The second-order valence-corrected chi connectivity index (χ2v) is 6.60. The van der Waals surface area contributed by atoms with Crippen LogP contribution in [-0.4, -0.2) is 32.6 Å². The second kappa shape index (κ2) is 5.78. The smallest absolute Gasteiger partial charge is 0.204 e. The molecule has 0 spiro atoms. The Morgan fingerprint density at radius 3 is 2.63 bits per heavy atom. The van der Waals surface area contributed by atoms with Crippen LogP contribution in [0.15, 0.2) is 45.8 Å². The molecule has 0 radical (unpaired) electrons. The summed E-state index contributed by atoms with van der Waals surface area (Å²) in [4.78, 5) is 12.8. The molecule has 2 heterocycles. The van der Waals surface area contributed by atoms with Gasteiger partial charge in [0.05, 0.1) is 17.7 Å². The van der Waals surface area contributed by atoms with E-state index in [2.05, 4.69) is 0 Å². The van der Waals surface area contributed by atoms with E-state index in [1.807, 2.05) is 0 Å². The minimum atomic E-state index is -0.892. The summed E-state index contributed by atoms with van der Waals surface area (Å²) >= 11 is 0. The molecule has 7 heteroatoms. The third-order valence-electron chi connectivity index (χ3n) is 4.57. The van der Waals surface area contributed by atoms with Crippen LogP contribution in [0.2, 0.25) is 0 Å². The fourth-order valence-electron chi connectivity index (χ4n) is 3.09. The Morgan fingerprint density at radius 2 is 1.89 bits per heavy atom. The number of phenolic OH excluding ortho intramolecular Hbond substituents is 3. The van der Waals surface area contributed by atoms with E-state index in [4.69, 9.17) is 9.15 Å². The van der Waals surface area contributed by atoms with Crippen molar-refractivity contribution in [2.75, 3.05) is 6.61 Å². The number of hydrogen-bond donors (Lipinski definition) is 4. The molecule has 1 aromatic heterocycles. The molecular weight excluding hydrogens is 352 g/mol. The Kier molecular flexibility index (Phi) is 3.64. The van der Waals surface area contributed by atoms with Crippen LogP contribution in [0.4, 0.5) is 0 Å². The number of hydrogen-bond acceptors (Lipinski definition) is 7. The summed E-state index contributed by atoms with van der Waals surface area (Å²) in [6.07, 6.45) is 4.40. The second-order valence-electron chi connectivity index (χ2n) is 6.60. The average Bonchev–Trinajstić information content (AvgIpc) is 2.62. The molecule has 0 amide bonds. The normalized spacial score (nSPS) is 18.3. The van der Waals surface area contributed by atoms with Crippen LogP contribution in [0.5, 0.6) is 23.0 Å². The van der Waals surface area contributed by atoms with Gasteiger partial charge >= 0.3 is 0 Å². The van der Waals surface area contributed by atoms with E-state index < -0.39 is 16.8 Å². The standard InChI is InChI=1S/C20H16O7/c1-20(9-21)5-4-12-15(27-20)3-2-11(18(12)24)13-8-26-16-7-10(22)6-14(23)17(16)19(13)25/h2-8,21-24H,9H2,1H3. The van der Waals surface area contributed by atoms with Crippen molar-refractivity contribution >= 4 is 17.0 Å². The van der Waals surface area contributed by atoms with E-state index in [1.54, 1.807) is 25.1 Å². The Morgan fingerprint density at radius 1 is 1.11 bits per heavy atom. The summed E-state index contributed by atoms with van der Waals surface area (Å²) in [7, 11) is 0. The van der Waals surface area contributed by atoms with Gasteiger partial charge in [-0.15, -0.1) is 0 Å². The number of aliphatic hydroxyl groups is 1. The lowest BCUT2D eigenvalue weighted by atomic mass is 9.96. The van der Waals surface area contributed by atoms with Crippen LogP contribution in [0.3, 0.4) is 0 Å². The number of fused-ring (bicyclic) bond motifs is 2. The van der Waals surface area contributed by atoms with Gasteiger partial charge in [0.25, 0.3) is 0 Å². The largest absolute Gasteiger partial charge is 0.508 e. The van der Waals surface area contributed by atoms with E-state index >= 15 is 0 Å². The molecule has 4 N–H and O–H groups in total. The number of aromatic hydroxyl groups is 3. The van der Waals surface area contributed by atoms with E-state index in [1.165, 1.54) is 12.1 Å². The number of aliphatic hydroxyl groups excluding tert-OH is 1. The molecule has 1 atom stereocenters. The summed E-state index contributed by atoms with van der Waals surface area (Å²) in [5.41, 5.74) is -0.791. The van der Waals surface area contributed by atoms with Gasteiger partial charge in [-0.2, -0.15) is 0 Å². The van der Waals surface area contributed by atoms with Gasteiger partial charge in [0.1, 0.15) is 45.8 Å². The molecule has 0 bridgehead atoms. The maximum Gasteiger partial charge on any atom is 0.204 e. The van der Waals surface area contributed by atoms with Gasteiger partial charge in [0, 0.05) is 17.7 Å². The summed E-state index contributed by atoms with van der Waals surface area (Å²) in [6, 6.07) is 5.35. The van der Waals surface area contributed by atoms with Crippen molar-refractivity contribution in [3.05, 3.63) is 52.4 Å². The molecule has 0 aliphatic carbocycles. The van der Waals surface area contributed by atoms with E-state index in [0.29, 0.717) is 11.3 Å². The first-order valence-electron chi connectivity index (χ1n) is 8.16. The fraction of sp³-hybridized carbons (Fsp3) is 0.150. The molecule has 7 nitrogen and oxygen atoms in total. The minimum absolute atomic E-state index is 0.0284. The zero-order chi connectivity index (χ0) is 19.3. The lowest BCUT2D eigenvalue weighted by molar-refractivity contribution is 0.0638. The van der Waals surface area contributed by atoms with Crippen LogP contribution in [0.25, 0.3) is 28.2 Å². The topological polar surface area (TPSA) is 120 Å². The first kappa shape index (κ1) is 17.0. The highest BCUT2D eigenvalue weighted by Crippen LogP contribution is 2.42. The van der Waals surface area contributed by atoms with Gasteiger partial charge in [-0.05, 0) is 31.2 Å². The molecular formula is C20H16O7. The van der Waals surface area contributed by atoms with Crippen molar-refractivity contribution in [1.82, 2.24) is 0 Å². The molecule has 1 aliphatic rings. The molecule has 4 rings (SSSR count). The lowest BCUT2D eigenvalue weighted by Gasteiger charge is -2.30. The zero-order valence-corrected chi connectivity index (χ0v) is 14.3. The third kappa shape index (κ3) is 2.60. The van der Waals surface area contributed by atoms with E-state index in [-0.39, 0.29) is 40.2 Å². The van der Waals surface area contributed by atoms with Crippen molar-refractivity contribution in [2.45, 2.75) is 12.5 Å². The highest BCUT2D eigenvalue weighted by molar-refractivity contribution is 5.89. The molecule has 0 fully saturated rings. The highest BCUT2D eigenvalue weighted by Gasteiger charge is 2.29. The van der Waals surface area contributed by atoms with Crippen LogP contribution in [0, 0.1) is 0 Å². The maximum absolute atomic E-state index is 12.8. The predicted molar refractivity (Wildman–Crippen MR) is 98.1 cm³/mol. The Balaban J connectivity index is 1.91. The van der Waals surface area contributed by atoms with Crippen molar-refractivity contribution in [3.63, 3.8) is 0 Å². The summed E-state index contributed by atoms with van der Waals surface area (Å²) in [6.45, 7) is 1.47. The van der Waals surface area contributed by atoms with Gasteiger partial charge in [-0.25, -0.2) is 0 Å². The average molecular weight is 368 g/mol. The number of rotatable bonds is 2. The number of benzene rings is 2. The quantitative estimate of drug-likeness (QED) is 0.549. The van der Waals surface area contributed by atoms with Crippen LogP contribution in [0.1, 0.15) is 12.5 Å². The summed E-state index contributed by atoms with van der Waals surface area (Å²) in [5.74, 6) is -0.469. The Labute approximate surface area is 153 Å². The summed E-state index contributed by atoms with van der Waals surface area (Å²) in [5, 5.41) is 39.5. The zero-order valence-electron chi connectivity index (χ0n) is 14.3. The van der Waals surface area contributed by atoms with Gasteiger partial charge in [-0.1, -0.05) is 0 Å². The van der Waals surface area contributed by atoms with Gasteiger partial charge in [-0.3, -0.25) is 4.79 Å². The Bertz CT molecular complexity index is 1160. The molecule has 2 aromatic carbocycles. The third-order valence-corrected chi connectivity index (χ3v) is 4.57. The van der Waals surface area contributed by atoms with Crippen molar-refractivity contribution in [1.29, 1.82) is 0 Å². The van der Waals surface area contributed by atoms with Crippen LogP contribution >= 0.6 is 0 Å². The predicted octanol–water partition coefficient (Wildman–Crippen LogP) is 2.73. The molecule has 3 aromatic rings. The van der Waals surface area contributed by atoms with Crippen molar-refractivity contribution in [2.24, 2.45) is 0 Å². The molecule has 1 aliphatic heterocycles. The number of ether oxygens (including phenoxy) is 1.